The molecule has 0 bridgehead atoms. The highest BCUT2D eigenvalue weighted by Gasteiger charge is 2.11. The molecule has 2 rings (SSSR count). The van der Waals surface area contributed by atoms with Crippen LogP contribution in [0.5, 0.6) is 5.75 Å². The molecule has 4 heteroatoms. The van der Waals surface area contributed by atoms with Gasteiger partial charge in [0.25, 0.3) is 0 Å². The molecule has 26 heavy (non-hydrogen) atoms. The van der Waals surface area contributed by atoms with Crippen molar-refractivity contribution in [3.05, 3.63) is 65.2 Å². The maximum atomic E-state index is 5.69. The summed E-state index contributed by atoms with van der Waals surface area (Å²) < 4.78 is 16.0. The van der Waals surface area contributed by atoms with Crippen molar-refractivity contribution in [2.45, 2.75) is 26.4 Å². The van der Waals surface area contributed by atoms with E-state index in [4.69, 9.17) is 14.2 Å². The Balaban J connectivity index is 1.77. The molecule has 0 saturated carbocycles. The van der Waals surface area contributed by atoms with Crippen molar-refractivity contribution in [2.75, 3.05) is 40.6 Å². The number of aryl methyl sites for hydroxylation is 1. The SMILES string of the molecule is COCCOCCOc1ccc(CN(C)C(C)c2ccc(C)cc2)cc1. The number of hydrogen-bond acceptors (Lipinski definition) is 4. The second-order valence-corrected chi connectivity index (χ2v) is 6.60. The molecule has 0 saturated heterocycles. The van der Waals surface area contributed by atoms with Gasteiger partial charge < -0.3 is 14.2 Å². The molecule has 2 aromatic rings. The molecule has 0 amide bonds. The van der Waals surface area contributed by atoms with E-state index in [0.29, 0.717) is 32.5 Å². The van der Waals surface area contributed by atoms with E-state index in [0.717, 1.165) is 12.3 Å². The molecule has 1 unspecified atom stereocenters. The lowest BCUT2D eigenvalue weighted by molar-refractivity contribution is 0.0544. The molecule has 0 fully saturated rings. The summed E-state index contributed by atoms with van der Waals surface area (Å²) in [5.74, 6) is 0.873. The minimum atomic E-state index is 0.371. The zero-order valence-electron chi connectivity index (χ0n) is 16.4. The van der Waals surface area contributed by atoms with E-state index in [1.807, 2.05) is 12.1 Å². The highest BCUT2D eigenvalue weighted by atomic mass is 16.5. The lowest BCUT2D eigenvalue weighted by atomic mass is 10.0. The Morgan fingerprint density at radius 1 is 0.885 bits per heavy atom. The lowest BCUT2D eigenvalue weighted by Crippen LogP contribution is -2.21. The normalized spacial score (nSPS) is 12.3. The summed E-state index contributed by atoms with van der Waals surface area (Å²) >= 11 is 0. The third kappa shape index (κ3) is 6.79. The number of hydrogen-bond donors (Lipinski definition) is 0. The van der Waals surface area contributed by atoms with Crippen molar-refractivity contribution in [1.29, 1.82) is 0 Å². The smallest absolute Gasteiger partial charge is 0.119 e. The van der Waals surface area contributed by atoms with Crippen LogP contribution in [0.4, 0.5) is 0 Å². The predicted molar refractivity (Wildman–Crippen MR) is 106 cm³/mol. The van der Waals surface area contributed by atoms with Gasteiger partial charge in [0.2, 0.25) is 0 Å². The monoisotopic (exact) mass is 357 g/mol. The second kappa shape index (κ2) is 11.0. The van der Waals surface area contributed by atoms with Crippen LogP contribution in [-0.2, 0) is 16.0 Å². The van der Waals surface area contributed by atoms with Crippen LogP contribution >= 0.6 is 0 Å². The molecule has 0 spiro atoms. The molecule has 0 aliphatic rings. The van der Waals surface area contributed by atoms with Crippen LogP contribution < -0.4 is 4.74 Å². The fraction of sp³-hybridized carbons (Fsp3) is 0.455. The topological polar surface area (TPSA) is 30.9 Å². The first kappa shape index (κ1) is 20.4. The minimum absolute atomic E-state index is 0.371. The standard InChI is InChI=1S/C22H31NO3/c1-18-5-9-21(10-6-18)19(2)23(3)17-20-7-11-22(12-8-20)26-16-15-25-14-13-24-4/h5-12,19H,13-17H2,1-4H3. The molecule has 0 aromatic heterocycles. The van der Waals surface area contributed by atoms with Gasteiger partial charge in [0.1, 0.15) is 12.4 Å². The Bertz CT molecular complexity index is 625. The first-order chi connectivity index (χ1) is 12.6. The molecule has 0 aliphatic carbocycles. The van der Waals surface area contributed by atoms with Gasteiger partial charge in [0.05, 0.1) is 19.8 Å². The van der Waals surface area contributed by atoms with Gasteiger partial charge in [-0.25, -0.2) is 0 Å². The van der Waals surface area contributed by atoms with Crippen LogP contribution in [0.2, 0.25) is 0 Å². The van der Waals surface area contributed by atoms with Gasteiger partial charge in [-0.3, -0.25) is 4.90 Å². The van der Waals surface area contributed by atoms with Gasteiger partial charge in [-0.05, 0) is 44.2 Å². The summed E-state index contributed by atoms with van der Waals surface area (Å²) in [7, 11) is 3.83. The highest BCUT2D eigenvalue weighted by Crippen LogP contribution is 2.22. The third-order valence-corrected chi connectivity index (χ3v) is 4.50. The fourth-order valence-corrected chi connectivity index (χ4v) is 2.68. The van der Waals surface area contributed by atoms with Gasteiger partial charge in [-0.2, -0.15) is 0 Å². The average molecular weight is 357 g/mol. The van der Waals surface area contributed by atoms with Gasteiger partial charge in [-0.1, -0.05) is 42.0 Å². The Labute approximate surface area is 157 Å². The van der Waals surface area contributed by atoms with E-state index in [2.05, 4.69) is 62.2 Å². The first-order valence-corrected chi connectivity index (χ1v) is 9.15. The maximum Gasteiger partial charge on any atom is 0.119 e. The number of benzene rings is 2. The van der Waals surface area contributed by atoms with E-state index in [1.165, 1.54) is 16.7 Å². The summed E-state index contributed by atoms with van der Waals surface area (Å²) in [6, 6.07) is 17.4. The molecule has 4 nitrogen and oxygen atoms in total. The quantitative estimate of drug-likeness (QED) is 0.563. The lowest BCUT2D eigenvalue weighted by Gasteiger charge is -2.25. The zero-order valence-corrected chi connectivity index (χ0v) is 16.4. The molecule has 0 radical (unpaired) electrons. The van der Waals surface area contributed by atoms with E-state index in [-0.39, 0.29) is 0 Å². The molecule has 1 atom stereocenters. The molecule has 0 heterocycles. The molecule has 142 valence electrons. The Hall–Kier alpha value is -1.88. The van der Waals surface area contributed by atoms with Crippen LogP contribution in [-0.4, -0.2) is 45.5 Å². The summed E-state index contributed by atoms with van der Waals surface area (Å²) in [6.07, 6.45) is 0. The second-order valence-electron chi connectivity index (χ2n) is 6.60. The maximum absolute atomic E-state index is 5.69. The predicted octanol–water partition coefficient (Wildman–Crippen LogP) is 4.23. The molecule has 2 aromatic carbocycles. The highest BCUT2D eigenvalue weighted by molar-refractivity contribution is 5.28. The van der Waals surface area contributed by atoms with Crippen molar-refractivity contribution in [1.82, 2.24) is 4.90 Å². The van der Waals surface area contributed by atoms with Crippen molar-refractivity contribution >= 4 is 0 Å². The zero-order chi connectivity index (χ0) is 18.8. The summed E-state index contributed by atoms with van der Waals surface area (Å²) in [5, 5.41) is 0. The van der Waals surface area contributed by atoms with Crippen LogP contribution in [0.1, 0.15) is 29.7 Å². The fourth-order valence-electron chi connectivity index (χ4n) is 2.68. The summed E-state index contributed by atoms with van der Waals surface area (Å²) in [5.41, 5.74) is 3.91. The van der Waals surface area contributed by atoms with Gasteiger partial charge in [0.15, 0.2) is 0 Å². The van der Waals surface area contributed by atoms with Gasteiger partial charge in [-0.15, -0.1) is 0 Å². The van der Waals surface area contributed by atoms with Gasteiger partial charge in [0, 0.05) is 19.7 Å². The molecular weight excluding hydrogens is 326 g/mol. The van der Waals surface area contributed by atoms with E-state index in [1.54, 1.807) is 7.11 Å². The van der Waals surface area contributed by atoms with Crippen molar-refractivity contribution < 1.29 is 14.2 Å². The van der Waals surface area contributed by atoms with Crippen LogP contribution in [0.15, 0.2) is 48.5 Å². The largest absolute Gasteiger partial charge is 0.491 e. The van der Waals surface area contributed by atoms with E-state index >= 15 is 0 Å². The summed E-state index contributed by atoms with van der Waals surface area (Å²) in [6.45, 7) is 7.59. The van der Waals surface area contributed by atoms with Crippen LogP contribution in [0, 0.1) is 6.92 Å². The molecular formula is C22H31NO3. The number of methoxy groups -OCH3 is 1. The molecule has 0 aliphatic heterocycles. The van der Waals surface area contributed by atoms with Crippen molar-refractivity contribution in [3.63, 3.8) is 0 Å². The van der Waals surface area contributed by atoms with Gasteiger partial charge >= 0.3 is 0 Å². The Morgan fingerprint density at radius 3 is 2.19 bits per heavy atom. The average Bonchev–Trinajstić information content (AvgIpc) is 2.66. The minimum Gasteiger partial charge on any atom is -0.491 e. The van der Waals surface area contributed by atoms with E-state index in [9.17, 15) is 0 Å². The van der Waals surface area contributed by atoms with Crippen LogP contribution in [0.25, 0.3) is 0 Å². The number of ether oxygens (including phenoxy) is 3. The number of rotatable bonds is 11. The van der Waals surface area contributed by atoms with Crippen molar-refractivity contribution in [2.24, 2.45) is 0 Å². The van der Waals surface area contributed by atoms with Crippen molar-refractivity contribution in [3.8, 4) is 5.75 Å². The molecule has 0 N–H and O–H groups in total. The number of nitrogens with zero attached hydrogens (tertiary/aromatic N) is 1. The third-order valence-electron chi connectivity index (χ3n) is 4.50. The van der Waals surface area contributed by atoms with E-state index < -0.39 is 0 Å². The first-order valence-electron chi connectivity index (χ1n) is 9.15. The Kier molecular flexibility index (Phi) is 8.62. The Morgan fingerprint density at radius 2 is 1.54 bits per heavy atom. The van der Waals surface area contributed by atoms with Crippen LogP contribution in [0.3, 0.4) is 0 Å². The summed E-state index contributed by atoms with van der Waals surface area (Å²) in [4.78, 5) is 2.35.